The molecule has 22 heavy (non-hydrogen) atoms. The number of aliphatic hydroxyl groups is 2. The highest BCUT2D eigenvalue weighted by atomic mass is 16.4. The molecule has 132 valence electrons. The second kappa shape index (κ2) is 15.3. The van der Waals surface area contributed by atoms with Crippen LogP contribution in [0.2, 0.25) is 0 Å². The molecule has 0 heterocycles. The van der Waals surface area contributed by atoms with Crippen molar-refractivity contribution < 1.29 is 20.1 Å². The lowest BCUT2D eigenvalue weighted by Crippen LogP contribution is -2.13. The van der Waals surface area contributed by atoms with Gasteiger partial charge in [-0.1, -0.05) is 58.3 Å². The van der Waals surface area contributed by atoms with Gasteiger partial charge in [0, 0.05) is 6.42 Å². The summed E-state index contributed by atoms with van der Waals surface area (Å²) in [6.45, 7) is 2.23. The molecule has 0 aliphatic rings. The summed E-state index contributed by atoms with van der Waals surface area (Å²) in [5, 5.41) is 28.1. The normalized spacial score (nSPS) is 14.0. The Labute approximate surface area is 135 Å². The first-order valence-electron chi connectivity index (χ1n) is 9.14. The van der Waals surface area contributed by atoms with Gasteiger partial charge in [0.05, 0.1) is 12.2 Å². The minimum atomic E-state index is -0.818. The molecule has 0 aliphatic heterocycles. The van der Waals surface area contributed by atoms with Crippen LogP contribution in [0.1, 0.15) is 96.8 Å². The van der Waals surface area contributed by atoms with Gasteiger partial charge < -0.3 is 15.3 Å². The first kappa shape index (κ1) is 21.4. The zero-order valence-electron chi connectivity index (χ0n) is 14.3. The van der Waals surface area contributed by atoms with Gasteiger partial charge >= 0.3 is 5.97 Å². The zero-order chi connectivity index (χ0) is 16.6. The van der Waals surface area contributed by atoms with E-state index in [2.05, 4.69) is 6.92 Å². The van der Waals surface area contributed by atoms with Crippen molar-refractivity contribution in [3.05, 3.63) is 0 Å². The maximum absolute atomic E-state index is 10.4. The molecule has 4 heteroatoms. The highest BCUT2D eigenvalue weighted by Crippen LogP contribution is 2.14. The van der Waals surface area contributed by atoms with Gasteiger partial charge in [0.2, 0.25) is 0 Å². The quantitative estimate of drug-likeness (QED) is 0.371. The number of carbonyl (C=O) groups is 1. The van der Waals surface area contributed by atoms with Crippen molar-refractivity contribution in [3.8, 4) is 0 Å². The van der Waals surface area contributed by atoms with Crippen molar-refractivity contribution in [1.82, 2.24) is 0 Å². The number of unbranched alkanes of at least 4 members (excludes halogenated alkanes) is 7. The van der Waals surface area contributed by atoms with E-state index in [1.165, 1.54) is 44.9 Å². The van der Waals surface area contributed by atoms with Crippen LogP contribution in [0.5, 0.6) is 0 Å². The summed E-state index contributed by atoms with van der Waals surface area (Å²) in [6, 6.07) is 0. The first-order chi connectivity index (χ1) is 10.6. The summed E-state index contributed by atoms with van der Waals surface area (Å²) < 4.78 is 0. The van der Waals surface area contributed by atoms with Gasteiger partial charge in [-0.3, -0.25) is 4.79 Å². The Balaban J connectivity index is 3.34. The predicted octanol–water partition coefficient (Wildman–Crippen LogP) is 4.27. The molecule has 0 aromatic heterocycles. The molecular formula is C18H36O4. The second-order valence-corrected chi connectivity index (χ2v) is 6.43. The fourth-order valence-corrected chi connectivity index (χ4v) is 2.68. The van der Waals surface area contributed by atoms with Crippen molar-refractivity contribution in [3.63, 3.8) is 0 Å². The van der Waals surface area contributed by atoms with E-state index in [9.17, 15) is 15.0 Å². The molecule has 0 saturated heterocycles. The van der Waals surface area contributed by atoms with Gasteiger partial charge in [-0.2, -0.15) is 0 Å². The molecule has 0 rings (SSSR count). The monoisotopic (exact) mass is 316 g/mol. The Morgan fingerprint density at radius 3 is 1.68 bits per heavy atom. The van der Waals surface area contributed by atoms with Crippen molar-refractivity contribution in [2.45, 2.75) is 109 Å². The fraction of sp³-hybridized carbons (Fsp3) is 0.944. The second-order valence-electron chi connectivity index (χ2n) is 6.43. The molecule has 0 saturated carbocycles. The maximum Gasteiger partial charge on any atom is 0.303 e. The summed E-state index contributed by atoms with van der Waals surface area (Å²) in [5.41, 5.74) is 0. The van der Waals surface area contributed by atoms with Crippen molar-refractivity contribution >= 4 is 5.97 Å². The molecule has 0 aliphatic carbocycles. The number of aliphatic carboxylic acids is 1. The third kappa shape index (κ3) is 15.8. The van der Waals surface area contributed by atoms with E-state index in [0.717, 1.165) is 12.8 Å². The fourth-order valence-electron chi connectivity index (χ4n) is 2.68. The minimum absolute atomic E-state index is 0.109. The third-order valence-corrected chi connectivity index (χ3v) is 4.15. The lowest BCUT2D eigenvalue weighted by atomic mass is 10.0. The van der Waals surface area contributed by atoms with E-state index in [0.29, 0.717) is 25.7 Å². The Morgan fingerprint density at radius 2 is 1.18 bits per heavy atom. The Bertz CT molecular complexity index is 255. The van der Waals surface area contributed by atoms with Gasteiger partial charge in [-0.15, -0.1) is 0 Å². The van der Waals surface area contributed by atoms with Gasteiger partial charge in [-0.25, -0.2) is 0 Å². The maximum atomic E-state index is 10.4. The average Bonchev–Trinajstić information content (AvgIpc) is 2.47. The molecule has 0 amide bonds. The van der Waals surface area contributed by atoms with Gasteiger partial charge in [0.1, 0.15) is 0 Å². The molecule has 0 radical (unpaired) electrons. The highest BCUT2D eigenvalue weighted by Gasteiger charge is 2.10. The smallest absolute Gasteiger partial charge is 0.303 e. The van der Waals surface area contributed by atoms with E-state index in [4.69, 9.17) is 5.11 Å². The summed E-state index contributed by atoms with van der Waals surface area (Å²) in [7, 11) is 0. The number of rotatable bonds is 16. The van der Waals surface area contributed by atoms with Crippen LogP contribution in [0, 0.1) is 0 Å². The van der Waals surface area contributed by atoms with Crippen molar-refractivity contribution in [1.29, 1.82) is 0 Å². The van der Waals surface area contributed by atoms with Gasteiger partial charge in [0.25, 0.3) is 0 Å². The molecule has 4 nitrogen and oxygen atoms in total. The number of carboxylic acid groups (broad SMARTS) is 1. The van der Waals surface area contributed by atoms with E-state index in [1.807, 2.05) is 0 Å². The van der Waals surface area contributed by atoms with Crippen molar-refractivity contribution in [2.24, 2.45) is 0 Å². The van der Waals surface area contributed by atoms with E-state index >= 15 is 0 Å². The summed E-state index contributed by atoms with van der Waals surface area (Å²) in [6.07, 6.45) is 12.4. The number of hydrogen-bond donors (Lipinski definition) is 3. The summed E-state index contributed by atoms with van der Waals surface area (Å²) >= 11 is 0. The molecule has 0 aromatic carbocycles. The van der Waals surface area contributed by atoms with E-state index < -0.39 is 12.1 Å². The molecule has 0 aromatic rings. The molecule has 0 spiro atoms. The molecule has 0 bridgehead atoms. The lowest BCUT2D eigenvalue weighted by Gasteiger charge is -2.14. The van der Waals surface area contributed by atoms with Crippen LogP contribution in [-0.2, 0) is 4.79 Å². The van der Waals surface area contributed by atoms with Crippen molar-refractivity contribution in [2.75, 3.05) is 0 Å². The molecule has 3 N–H and O–H groups in total. The average molecular weight is 316 g/mol. The number of carboxylic acids is 1. The third-order valence-electron chi connectivity index (χ3n) is 4.15. The molecule has 2 unspecified atom stereocenters. The van der Waals surface area contributed by atoms with Gasteiger partial charge in [-0.05, 0) is 32.1 Å². The highest BCUT2D eigenvalue weighted by molar-refractivity contribution is 5.66. The summed E-state index contributed by atoms with van der Waals surface area (Å²) in [4.78, 5) is 10.4. The number of hydrogen-bond acceptors (Lipinski definition) is 3. The van der Waals surface area contributed by atoms with Crippen LogP contribution in [0.3, 0.4) is 0 Å². The topological polar surface area (TPSA) is 77.8 Å². The van der Waals surface area contributed by atoms with Crippen LogP contribution < -0.4 is 0 Å². The molecule has 0 fully saturated rings. The lowest BCUT2D eigenvalue weighted by molar-refractivity contribution is -0.137. The van der Waals surface area contributed by atoms with Gasteiger partial charge in [0.15, 0.2) is 0 Å². The minimum Gasteiger partial charge on any atom is -0.481 e. The summed E-state index contributed by atoms with van der Waals surface area (Å²) in [5.74, 6) is -0.818. The molecular weight excluding hydrogens is 280 g/mol. The largest absolute Gasteiger partial charge is 0.481 e. The SMILES string of the molecule is CCCCCCCCCCC(O)CCC(O)CCCC(=O)O. The number of aliphatic hydroxyl groups excluding tert-OH is 2. The first-order valence-corrected chi connectivity index (χ1v) is 9.14. The van der Waals surface area contributed by atoms with Crippen LogP contribution in [0.4, 0.5) is 0 Å². The molecule has 2 atom stereocenters. The van der Waals surface area contributed by atoms with Crippen LogP contribution in [0.25, 0.3) is 0 Å². The Hall–Kier alpha value is -0.610. The zero-order valence-corrected chi connectivity index (χ0v) is 14.3. The standard InChI is InChI=1S/C18H36O4/c1-2-3-4-5-6-7-8-9-11-16(19)14-15-17(20)12-10-13-18(21)22/h16-17,19-20H,2-15H2,1H3,(H,21,22). The van der Waals surface area contributed by atoms with Crippen LogP contribution in [-0.4, -0.2) is 33.5 Å². The van der Waals surface area contributed by atoms with Crippen LogP contribution in [0.15, 0.2) is 0 Å². The van der Waals surface area contributed by atoms with E-state index in [1.54, 1.807) is 0 Å². The van der Waals surface area contributed by atoms with Crippen LogP contribution >= 0.6 is 0 Å². The van der Waals surface area contributed by atoms with E-state index in [-0.39, 0.29) is 12.5 Å². The predicted molar refractivity (Wildman–Crippen MR) is 90.0 cm³/mol. The Morgan fingerprint density at radius 1 is 0.727 bits per heavy atom. The Kier molecular flexibility index (Phi) is 14.9.